The number of alkyl halides is 2. The van der Waals surface area contributed by atoms with E-state index < -0.39 is 6.61 Å². The fourth-order valence-electron chi connectivity index (χ4n) is 2.78. The molecule has 158 valence electrons. The highest BCUT2D eigenvalue weighted by Gasteiger charge is 2.20. The van der Waals surface area contributed by atoms with E-state index in [1.807, 2.05) is 17.5 Å². The Labute approximate surface area is 174 Å². The average Bonchev–Trinajstić information content (AvgIpc) is 3.48. The second-order valence-electron chi connectivity index (χ2n) is 6.09. The summed E-state index contributed by atoms with van der Waals surface area (Å²) in [6, 6.07) is 6.85. The minimum atomic E-state index is -2.95. The third-order valence-corrected chi connectivity index (χ3v) is 5.02. The highest BCUT2D eigenvalue weighted by atomic mass is 32.1. The van der Waals surface area contributed by atoms with Crippen LogP contribution in [-0.4, -0.2) is 31.4 Å². The van der Waals surface area contributed by atoms with E-state index in [2.05, 4.69) is 25.3 Å². The zero-order valence-corrected chi connectivity index (χ0v) is 16.7. The zero-order chi connectivity index (χ0) is 20.9. The fraction of sp³-hybridized carbons (Fsp3) is 0.263. The number of hydrogen-bond donors (Lipinski definition) is 2. The normalized spacial score (nSPS) is 13.0. The first-order valence-electron chi connectivity index (χ1n) is 8.92. The van der Waals surface area contributed by atoms with Crippen molar-refractivity contribution in [3.8, 4) is 28.0 Å². The predicted molar refractivity (Wildman–Crippen MR) is 106 cm³/mol. The molecule has 30 heavy (non-hydrogen) atoms. The van der Waals surface area contributed by atoms with Crippen molar-refractivity contribution in [1.29, 1.82) is 0 Å². The molecule has 3 heterocycles. The van der Waals surface area contributed by atoms with E-state index in [9.17, 15) is 8.78 Å². The van der Waals surface area contributed by atoms with Crippen LogP contribution in [0.1, 0.15) is 11.3 Å². The van der Waals surface area contributed by atoms with Crippen LogP contribution in [0.5, 0.6) is 17.2 Å². The van der Waals surface area contributed by atoms with Gasteiger partial charge in [-0.25, -0.2) is 4.98 Å². The molecule has 0 saturated heterocycles. The third-order valence-electron chi connectivity index (χ3n) is 4.16. The van der Waals surface area contributed by atoms with Crippen LogP contribution in [0, 0.1) is 0 Å². The molecule has 8 nitrogen and oxygen atoms in total. The monoisotopic (exact) mass is 436 g/mol. The predicted octanol–water partition coefficient (Wildman–Crippen LogP) is 3.60. The molecule has 0 amide bonds. The van der Waals surface area contributed by atoms with E-state index >= 15 is 0 Å². The summed E-state index contributed by atoms with van der Waals surface area (Å²) in [5.41, 5.74) is 1.18. The van der Waals surface area contributed by atoms with Crippen LogP contribution in [0.2, 0.25) is 0 Å². The van der Waals surface area contributed by atoms with E-state index in [1.54, 1.807) is 30.7 Å². The van der Waals surface area contributed by atoms with Gasteiger partial charge in [0.25, 0.3) is 0 Å². The van der Waals surface area contributed by atoms with Gasteiger partial charge in [-0.1, -0.05) is 6.07 Å². The van der Waals surface area contributed by atoms with Crippen LogP contribution in [0.15, 0.2) is 45.3 Å². The van der Waals surface area contributed by atoms with Crippen molar-refractivity contribution in [1.82, 2.24) is 15.6 Å². The Bertz CT molecular complexity index is 1020. The van der Waals surface area contributed by atoms with Gasteiger partial charge in [0.2, 0.25) is 12.7 Å². The van der Waals surface area contributed by atoms with Gasteiger partial charge in [0, 0.05) is 25.2 Å². The van der Waals surface area contributed by atoms with Gasteiger partial charge in [0.15, 0.2) is 17.5 Å². The molecule has 0 aliphatic carbocycles. The molecule has 0 radical (unpaired) electrons. The third kappa shape index (κ3) is 4.62. The number of benzene rings is 1. The number of aromatic nitrogens is 1. The number of oxazole rings is 1. The van der Waals surface area contributed by atoms with E-state index in [1.165, 1.54) is 6.07 Å². The smallest absolute Gasteiger partial charge is 0.387 e. The summed E-state index contributed by atoms with van der Waals surface area (Å²) in [5, 5.41) is 8.11. The largest absolute Gasteiger partial charge is 0.454 e. The summed E-state index contributed by atoms with van der Waals surface area (Å²) in [5.74, 6) is 1.86. The van der Waals surface area contributed by atoms with Crippen molar-refractivity contribution in [2.75, 3.05) is 13.8 Å². The van der Waals surface area contributed by atoms with Crippen LogP contribution in [0.4, 0.5) is 8.78 Å². The summed E-state index contributed by atoms with van der Waals surface area (Å²) < 4.78 is 46.2. The van der Waals surface area contributed by atoms with Gasteiger partial charge in [-0.05, 0) is 17.5 Å². The van der Waals surface area contributed by atoms with Crippen molar-refractivity contribution in [2.45, 2.75) is 19.7 Å². The van der Waals surface area contributed by atoms with Crippen molar-refractivity contribution >= 4 is 17.3 Å². The fourth-order valence-corrected chi connectivity index (χ4v) is 3.44. The Morgan fingerprint density at radius 3 is 2.80 bits per heavy atom. The molecule has 0 unspecified atom stereocenters. The first kappa shape index (κ1) is 20.0. The second-order valence-corrected chi connectivity index (χ2v) is 7.04. The van der Waals surface area contributed by atoms with Crippen LogP contribution in [0.3, 0.4) is 0 Å². The van der Waals surface area contributed by atoms with Crippen LogP contribution < -0.4 is 24.8 Å². The lowest BCUT2D eigenvalue weighted by atomic mass is 10.1. The zero-order valence-electron chi connectivity index (χ0n) is 15.9. The van der Waals surface area contributed by atoms with Crippen LogP contribution in [0.25, 0.3) is 10.8 Å². The Kier molecular flexibility index (Phi) is 5.98. The SMILES string of the molecule is CN=C(NCc1coc(-c2cccs2)n1)NCc1cc2c(cc1OC(F)F)OCO2. The highest BCUT2D eigenvalue weighted by molar-refractivity contribution is 7.13. The van der Waals surface area contributed by atoms with Gasteiger partial charge in [0.05, 0.1) is 17.1 Å². The van der Waals surface area contributed by atoms with Crippen molar-refractivity contribution in [2.24, 2.45) is 4.99 Å². The number of nitrogens with zero attached hydrogens (tertiary/aromatic N) is 2. The summed E-state index contributed by atoms with van der Waals surface area (Å²) in [6.07, 6.45) is 1.57. The Morgan fingerprint density at radius 1 is 1.27 bits per heavy atom. The Morgan fingerprint density at radius 2 is 2.07 bits per heavy atom. The second kappa shape index (κ2) is 8.99. The number of nitrogens with one attached hydrogen (secondary N) is 2. The van der Waals surface area contributed by atoms with Gasteiger partial charge in [-0.3, -0.25) is 4.99 Å². The maximum atomic E-state index is 12.8. The number of fused-ring (bicyclic) bond motifs is 1. The maximum Gasteiger partial charge on any atom is 0.387 e. The number of thiophene rings is 1. The Hall–Kier alpha value is -3.34. The van der Waals surface area contributed by atoms with E-state index in [0.29, 0.717) is 41.2 Å². The lowest BCUT2D eigenvalue weighted by Crippen LogP contribution is -2.36. The molecule has 4 rings (SSSR count). The molecule has 0 fully saturated rings. The molecule has 2 N–H and O–H groups in total. The first-order valence-corrected chi connectivity index (χ1v) is 9.80. The molecule has 11 heteroatoms. The summed E-state index contributed by atoms with van der Waals surface area (Å²) >= 11 is 1.54. The molecule has 0 saturated carbocycles. The average molecular weight is 436 g/mol. The Balaban J connectivity index is 1.38. The number of hydrogen-bond acceptors (Lipinski definition) is 7. The minimum Gasteiger partial charge on any atom is -0.454 e. The van der Waals surface area contributed by atoms with Crippen molar-refractivity contribution < 1.29 is 27.4 Å². The van der Waals surface area contributed by atoms with Crippen LogP contribution in [-0.2, 0) is 13.1 Å². The van der Waals surface area contributed by atoms with Crippen molar-refractivity contribution in [3.05, 3.63) is 47.2 Å². The van der Waals surface area contributed by atoms with E-state index in [4.69, 9.17) is 13.9 Å². The molecular weight excluding hydrogens is 418 g/mol. The van der Waals surface area contributed by atoms with Gasteiger partial charge in [-0.15, -0.1) is 11.3 Å². The number of rotatable bonds is 7. The molecule has 2 aromatic heterocycles. The van der Waals surface area contributed by atoms with Gasteiger partial charge < -0.3 is 29.3 Å². The highest BCUT2D eigenvalue weighted by Crippen LogP contribution is 2.38. The van der Waals surface area contributed by atoms with Crippen molar-refractivity contribution in [3.63, 3.8) is 0 Å². The number of halogens is 2. The molecule has 0 atom stereocenters. The quantitative estimate of drug-likeness (QED) is 0.432. The van der Waals surface area contributed by atoms with Gasteiger partial charge in [0.1, 0.15) is 12.0 Å². The number of guanidine groups is 1. The summed E-state index contributed by atoms with van der Waals surface area (Å²) in [6.45, 7) is -2.37. The van der Waals surface area contributed by atoms with Crippen LogP contribution >= 0.6 is 11.3 Å². The minimum absolute atomic E-state index is 0.00861. The van der Waals surface area contributed by atoms with Gasteiger partial charge >= 0.3 is 6.61 Å². The standard InChI is InChI=1S/C19H18F2N4O4S/c1-22-19(24-8-12-9-26-17(25-12)16-3-2-4-30-16)23-7-11-5-14-15(28-10-27-14)6-13(11)29-18(20)21/h2-6,9,18H,7-8,10H2,1H3,(H2,22,23,24). The number of ether oxygens (including phenoxy) is 3. The first-order chi connectivity index (χ1) is 14.6. The number of aliphatic imine (C=N–C) groups is 1. The molecule has 0 bridgehead atoms. The van der Waals surface area contributed by atoms with E-state index in [-0.39, 0.29) is 19.1 Å². The molecule has 1 aliphatic rings. The van der Waals surface area contributed by atoms with Gasteiger partial charge in [-0.2, -0.15) is 8.78 Å². The molecule has 1 aliphatic heterocycles. The lowest BCUT2D eigenvalue weighted by Gasteiger charge is -2.15. The molecule has 1 aromatic carbocycles. The molecule has 0 spiro atoms. The molecule has 3 aromatic rings. The lowest BCUT2D eigenvalue weighted by molar-refractivity contribution is -0.0505. The maximum absolute atomic E-state index is 12.8. The summed E-state index contributed by atoms with van der Waals surface area (Å²) in [4.78, 5) is 9.50. The van der Waals surface area contributed by atoms with E-state index in [0.717, 1.165) is 4.88 Å². The topological polar surface area (TPSA) is 90.1 Å². The summed E-state index contributed by atoms with van der Waals surface area (Å²) in [7, 11) is 1.60. The molecular formula is C19H18F2N4O4S.